The van der Waals surface area contributed by atoms with Crippen molar-refractivity contribution in [1.29, 1.82) is 0 Å². The first-order valence-electron chi connectivity index (χ1n) is 5.68. The molecule has 1 aromatic heterocycles. The van der Waals surface area contributed by atoms with E-state index in [-0.39, 0.29) is 17.9 Å². The Morgan fingerprint density at radius 2 is 2.11 bits per heavy atom. The van der Waals surface area contributed by atoms with E-state index in [1.54, 1.807) is 12.1 Å². The first kappa shape index (κ1) is 13.4. The minimum absolute atomic E-state index is 0.0986. The van der Waals surface area contributed by atoms with Crippen LogP contribution in [0.25, 0.3) is 0 Å². The molecule has 0 fully saturated rings. The van der Waals surface area contributed by atoms with E-state index in [0.29, 0.717) is 5.69 Å². The van der Waals surface area contributed by atoms with Crippen LogP contribution >= 0.6 is 0 Å². The molecule has 0 aliphatic rings. The number of methoxy groups -OCH3 is 1. The van der Waals surface area contributed by atoms with Gasteiger partial charge in [0.25, 0.3) is 0 Å². The Balaban J connectivity index is 2.47. The van der Waals surface area contributed by atoms with E-state index >= 15 is 0 Å². The zero-order valence-electron chi connectivity index (χ0n) is 10.3. The predicted molar refractivity (Wildman–Crippen MR) is 65.8 cm³/mol. The summed E-state index contributed by atoms with van der Waals surface area (Å²) >= 11 is 0. The second kappa shape index (κ2) is 5.71. The highest BCUT2D eigenvalue weighted by Crippen LogP contribution is 2.29. The van der Waals surface area contributed by atoms with Crippen LogP contribution in [0.1, 0.15) is 17.2 Å². The van der Waals surface area contributed by atoms with E-state index in [1.165, 1.54) is 13.3 Å². The third-order valence-electron chi connectivity index (χ3n) is 2.83. The topological polar surface area (TPSA) is 61.0 Å². The van der Waals surface area contributed by atoms with Gasteiger partial charge in [0.1, 0.15) is 5.82 Å². The number of benzene rings is 1. The lowest BCUT2D eigenvalue weighted by atomic mass is 9.94. The van der Waals surface area contributed by atoms with E-state index in [9.17, 15) is 8.78 Å². The van der Waals surface area contributed by atoms with E-state index in [0.717, 1.165) is 12.1 Å². The summed E-state index contributed by atoms with van der Waals surface area (Å²) in [4.78, 5) is 0. The van der Waals surface area contributed by atoms with Gasteiger partial charge in [0.15, 0.2) is 11.6 Å². The van der Waals surface area contributed by atoms with Gasteiger partial charge in [-0.05, 0) is 18.2 Å². The molecule has 6 heteroatoms. The highest BCUT2D eigenvalue weighted by Gasteiger charge is 2.21. The minimum atomic E-state index is -0.638. The van der Waals surface area contributed by atoms with Gasteiger partial charge >= 0.3 is 0 Å². The molecule has 0 spiro atoms. The predicted octanol–water partition coefficient (Wildman–Crippen LogP) is 1.85. The molecule has 0 aliphatic heterocycles. The molecule has 1 heterocycles. The molecule has 19 heavy (non-hydrogen) atoms. The summed E-state index contributed by atoms with van der Waals surface area (Å²) in [5.41, 5.74) is 6.27. The lowest BCUT2D eigenvalue weighted by Gasteiger charge is -2.16. The van der Waals surface area contributed by atoms with Crippen LogP contribution < -0.4 is 10.5 Å². The van der Waals surface area contributed by atoms with E-state index in [1.807, 2.05) is 0 Å². The van der Waals surface area contributed by atoms with Crippen molar-refractivity contribution in [3.05, 3.63) is 53.4 Å². The fourth-order valence-corrected chi connectivity index (χ4v) is 1.87. The molecule has 0 saturated carbocycles. The van der Waals surface area contributed by atoms with Crippen LogP contribution in [0.3, 0.4) is 0 Å². The number of hydrogen-bond donors (Lipinski definition) is 1. The fourth-order valence-electron chi connectivity index (χ4n) is 1.87. The summed E-state index contributed by atoms with van der Waals surface area (Å²) in [5, 5.41) is 7.61. The standard InChI is InChI=1S/C13H13F2N3O/c1-19-13-6-10(14)8(5-11(13)15)9(7-16)12-3-2-4-17-18-12/h2-6,9H,7,16H2,1H3. The highest BCUT2D eigenvalue weighted by molar-refractivity contribution is 5.36. The molecular formula is C13H13F2N3O. The van der Waals surface area contributed by atoms with Crippen LogP contribution in [0.15, 0.2) is 30.5 Å². The summed E-state index contributed by atoms with van der Waals surface area (Å²) < 4.78 is 32.4. The molecule has 1 unspecified atom stereocenters. The monoisotopic (exact) mass is 265 g/mol. The molecule has 0 amide bonds. The van der Waals surface area contributed by atoms with Crippen molar-refractivity contribution in [1.82, 2.24) is 10.2 Å². The zero-order valence-corrected chi connectivity index (χ0v) is 10.3. The van der Waals surface area contributed by atoms with Crippen LogP contribution in [0.4, 0.5) is 8.78 Å². The van der Waals surface area contributed by atoms with Gasteiger partial charge in [-0.25, -0.2) is 8.78 Å². The molecule has 1 atom stereocenters. The maximum atomic E-state index is 14.0. The molecule has 0 radical (unpaired) electrons. The smallest absolute Gasteiger partial charge is 0.165 e. The Kier molecular flexibility index (Phi) is 4.01. The van der Waals surface area contributed by atoms with Crippen molar-refractivity contribution in [2.75, 3.05) is 13.7 Å². The lowest BCUT2D eigenvalue weighted by Crippen LogP contribution is -2.17. The van der Waals surface area contributed by atoms with Gasteiger partial charge in [0.2, 0.25) is 0 Å². The Labute approximate surface area is 109 Å². The molecule has 100 valence electrons. The van der Waals surface area contributed by atoms with Crippen molar-refractivity contribution >= 4 is 0 Å². The minimum Gasteiger partial charge on any atom is -0.494 e. The fraction of sp³-hybridized carbons (Fsp3) is 0.231. The Morgan fingerprint density at radius 1 is 1.32 bits per heavy atom. The molecular weight excluding hydrogens is 252 g/mol. The van der Waals surface area contributed by atoms with Gasteiger partial charge in [0, 0.05) is 30.3 Å². The van der Waals surface area contributed by atoms with Gasteiger partial charge < -0.3 is 10.5 Å². The van der Waals surface area contributed by atoms with E-state index < -0.39 is 17.6 Å². The molecule has 2 N–H and O–H groups in total. The Bertz CT molecular complexity index is 563. The largest absolute Gasteiger partial charge is 0.494 e. The number of nitrogens with two attached hydrogens (primary N) is 1. The third-order valence-corrected chi connectivity index (χ3v) is 2.83. The normalized spacial score (nSPS) is 12.2. The summed E-state index contributed by atoms with van der Waals surface area (Å²) in [6, 6.07) is 5.43. The van der Waals surface area contributed by atoms with Gasteiger partial charge in [0.05, 0.1) is 12.8 Å². The summed E-state index contributed by atoms with van der Waals surface area (Å²) in [5.74, 6) is -1.91. The number of ether oxygens (including phenoxy) is 1. The average molecular weight is 265 g/mol. The molecule has 4 nitrogen and oxygen atoms in total. The SMILES string of the molecule is COc1cc(F)c(C(CN)c2cccnn2)cc1F. The maximum absolute atomic E-state index is 14.0. The first-order chi connectivity index (χ1) is 9.17. The second-order valence-corrected chi connectivity index (χ2v) is 3.95. The number of hydrogen-bond acceptors (Lipinski definition) is 4. The van der Waals surface area contributed by atoms with Crippen molar-refractivity contribution in [3.63, 3.8) is 0 Å². The first-order valence-corrected chi connectivity index (χ1v) is 5.68. The van der Waals surface area contributed by atoms with E-state index in [4.69, 9.17) is 10.5 Å². The molecule has 0 bridgehead atoms. The van der Waals surface area contributed by atoms with Crippen LogP contribution in [0.5, 0.6) is 5.75 Å². The average Bonchev–Trinajstić information content (AvgIpc) is 2.44. The maximum Gasteiger partial charge on any atom is 0.165 e. The quantitative estimate of drug-likeness (QED) is 0.916. The zero-order chi connectivity index (χ0) is 13.8. The molecule has 1 aromatic carbocycles. The van der Waals surface area contributed by atoms with Gasteiger partial charge in [-0.15, -0.1) is 0 Å². The van der Waals surface area contributed by atoms with Gasteiger partial charge in [-0.1, -0.05) is 0 Å². The van der Waals surface area contributed by atoms with Gasteiger partial charge in [-0.3, -0.25) is 0 Å². The highest BCUT2D eigenvalue weighted by atomic mass is 19.1. The van der Waals surface area contributed by atoms with Crippen LogP contribution in [0, 0.1) is 11.6 Å². The summed E-state index contributed by atoms with van der Waals surface area (Å²) in [6.07, 6.45) is 1.50. The van der Waals surface area contributed by atoms with Gasteiger partial charge in [-0.2, -0.15) is 10.2 Å². The Morgan fingerprint density at radius 3 is 2.68 bits per heavy atom. The van der Waals surface area contributed by atoms with E-state index in [2.05, 4.69) is 10.2 Å². The van der Waals surface area contributed by atoms with Crippen LogP contribution in [0.2, 0.25) is 0 Å². The van der Waals surface area contributed by atoms with Crippen molar-refractivity contribution in [2.24, 2.45) is 5.73 Å². The molecule has 2 rings (SSSR count). The van der Waals surface area contributed by atoms with Crippen molar-refractivity contribution < 1.29 is 13.5 Å². The summed E-state index contributed by atoms with van der Waals surface area (Å²) in [7, 11) is 1.28. The van der Waals surface area contributed by atoms with Crippen molar-refractivity contribution in [2.45, 2.75) is 5.92 Å². The molecule has 0 saturated heterocycles. The second-order valence-electron chi connectivity index (χ2n) is 3.95. The lowest BCUT2D eigenvalue weighted by molar-refractivity contribution is 0.381. The Hall–Kier alpha value is -2.08. The summed E-state index contributed by atoms with van der Waals surface area (Å²) in [6.45, 7) is 0.0986. The number of aromatic nitrogens is 2. The van der Waals surface area contributed by atoms with Crippen LogP contribution in [-0.4, -0.2) is 23.9 Å². The molecule has 0 aliphatic carbocycles. The number of nitrogens with zero attached hydrogens (tertiary/aromatic N) is 2. The molecule has 2 aromatic rings. The number of halogens is 2. The van der Waals surface area contributed by atoms with Crippen molar-refractivity contribution in [3.8, 4) is 5.75 Å². The van der Waals surface area contributed by atoms with Crippen LogP contribution in [-0.2, 0) is 0 Å². The third kappa shape index (κ3) is 2.68. The number of rotatable bonds is 4.